The number of ketones is 1. The topological polar surface area (TPSA) is 69.7 Å². The Morgan fingerprint density at radius 1 is 1.18 bits per heavy atom. The second-order valence-electron chi connectivity index (χ2n) is 4.38. The molecule has 0 fully saturated rings. The quantitative estimate of drug-likeness (QED) is 0.570. The lowest BCUT2D eigenvalue weighted by molar-refractivity contribution is -0.145. The third-order valence-electron chi connectivity index (χ3n) is 2.64. The van der Waals surface area contributed by atoms with Gasteiger partial charge in [-0.3, -0.25) is 14.4 Å². The molecule has 0 saturated carbocycles. The molecule has 0 aliphatic rings. The molecule has 0 saturated heterocycles. The molecule has 0 heterocycles. The molecule has 0 aliphatic carbocycles. The van der Waals surface area contributed by atoms with Crippen molar-refractivity contribution < 1.29 is 23.9 Å². The summed E-state index contributed by atoms with van der Waals surface area (Å²) in [5.41, 5.74) is 0.771. The minimum atomic E-state index is -0.568. The number of halogens is 1. The minimum absolute atomic E-state index is 0.174. The lowest BCUT2D eigenvalue weighted by Gasteiger charge is -2.08. The standard InChI is InChI=1S/C16H17ClO5/c1-3-21-16(20)9-13(15(19)10-22-11(2)18)8-12-6-4-5-7-14(12)17/h4-8H,3,9-10H2,1-2H3/b13-8-. The van der Waals surface area contributed by atoms with Crippen LogP contribution in [0.5, 0.6) is 0 Å². The highest BCUT2D eigenvalue weighted by Crippen LogP contribution is 2.20. The Bertz CT molecular complexity index is 592. The normalized spacial score (nSPS) is 11.0. The Kier molecular flexibility index (Phi) is 7.32. The molecule has 0 atom stereocenters. The predicted octanol–water partition coefficient (Wildman–Crippen LogP) is 2.81. The van der Waals surface area contributed by atoms with Crippen LogP contribution in [0.3, 0.4) is 0 Å². The van der Waals surface area contributed by atoms with Gasteiger partial charge in [0.2, 0.25) is 0 Å². The highest BCUT2D eigenvalue weighted by molar-refractivity contribution is 6.32. The summed E-state index contributed by atoms with van der Waals surface area (Å²) in [7, 11) is 0. The second kappa shape index (κ2) is 9.00. The van der Waals surface area contributed by atoms with Gasteiger partial charge >= 0.3 is 11.9 Å². The summed E-state index contributed by atoms with van der Waals surface area (Å²) in [6.07, 6.45) is 1.30. The molecule has 0 unspecified atom stereocenters. The molecule has 118 valence electrons. The van der Waals surface area contributed by atoms with Crippen LogP contribution in [0.4, 0.5) is 0 Å². The third-order valence-corrected chi connectivity index (χ3v) is 2.98. The molecule has 1 rings (SSSR count). The molecule has 22 heavy (non-hydrogen) atoms. The molecule has 5 nitrogen and oxygen atoms in total. The van der Waals surface area contributed by atoms with Crippen LogP contribution in [-0.2, 0) is 23.9 Å². The van der Waals surface area contributed by atoms with Crippen LogP contribution in [0, 0.1) is 0 Å². The maximum absolute atomic E-state index is 12.1. The minimum Gasteiger partial charge on any atom is -0.466 e. The fraction of sp³-hybridized carbons (Fsp3) is 0.312. The molecule has 0 aliphatic heterocycles. The zero-order valence-electron chi connectivity index (χ0n) is 12.4. The fourth-order valence-electron chi connectivity index (χ4n) is 1.64. The van der Waals surface area contributed by atoms with Gasteiger partial charge in [0.15, 0.2) is 12.4 Å². The van der Waals surface area contributed by atoms with Gasteiger partial charge in [-0.15, -0.1) is 0 Å². The third kappa shape index (κ3) is 6.10. The van der Waals surface area contributed by atoms with Crippen molar-refractivity contribution in [3.63, 3.8) is 0 Å². The van der Waals surface area contributed by atoms with Gasteiger partial charge in [0.25, 0.3) is 0 Å². The summed E-state index contributed by atoms with van der Waals surface area (Å²) >= 11 is 6.04. The van der Waals surface area contributed by atoms with Gasteiger partial charge in [0.05, 0.1) is 13.0 Å². The van der Waals surface area contributed by atoms with E-state index in [9.17, 15) is 14.4 Å². The van der Waals surface area contributed by atoms with Crippen LogP contribution in [0.1, 0.15) is 25.8 Å². The smallest absolute Gasteiger partial charge is 0.310 e. The van der Waals surface area contributed by atoms with E-state index in [0.717, 1.165) is 0 Å². The van der Waals surface area contributed by atoms with Crippen molar-refractivity contribution in [3.8, 4) is 0 Å². The second-order valence-corrected chi connectivity index (χ2v) is 4.78. The lowest BCUT2D eigenvalue weighted by Crippen LogP contribution is -2.17. The Hall–Kier alpha value is -2.14. The fourth-order valence-corrected chi connectivity index (χ4v) is 1.83. The van der Waals surface area contributed by atoms with Gasteiger partial charge in [-0.2, -0.15) is 0 Å². The number of carbonyl (C=O) groups excluding carboxylic acids is 3. The molecular weight excluding hydrogens is 308 g/mol. The number of hydrogen-bond acceptors (Lipinski definition) is 5. The first-order valence-electron chi connectivity index (χ1n) is 6.71. The van der Waals surface area contributed by atoms with Crippen molar-refractivity contribution in [1.82, 2.24) is 0 Å². The Balaban J connectivity index is 3.00. The molecular formula is C16H17ClO5. The summed E-state index contributed by atoms with van der Waals surface area (Å²) in [5.74, 6) is -1.57. The van der Waals surface area contributed by atoms with Gasteiger partial charge in [-0.05, 0) is 24.6 Å². The predicted molar refractivity (Wildman–Crippen MR) is 82.3 cm³/mol. The average molecular weight is 325 g/mol. The summed E-state index contributed by atoms with van der Waals surface area (Å²) in [6, 6.07) is 6.90. The first kappa shape index (κ1) is 17.9. The van der Waals surface area contributed by atoms with Crippen LogP contribution in [0.2, 0.25) is 5.02 Å². The molecule has 6 heteroatoms. The number of carbonyl (C=O) groups is 3. The zero-order valence-corrected chi connectivity index (χ0v) is 13.2. The number of esters is 2. The maximum Gasteiger partial charge on any atom is 0.310 e. The number of rotatable bonds is 7. The van der Waals surface area contributed by atoms with E-state index in [1.807, 2.05) is 0 Å². The SMILES string of the molecule is CCOC(=O)C/C(=C/c1ccccc1Cl)C(=O)COC(C)=O. The monoisotopic (exact) mass is 324 g/mol. The number of Topliss-reactive ketones (excluding diaryl/α,β-unsaturated/α-hetero) is 1. The molecule has 1 aromatic carbocycles. The van der Waals surface area contributed by atoms with Crippen LogP contribution in [-0.4, -0.2) is 30.9 Å². The van der Waals surface area contributed by atoms with E-state index in [0.29, 0.717) is 10.6 Å². The molecule has 0 radical (unpaired) electrons. The van der Waals surface area contributed by atoms with E-state index in [1.165, 1.54) is 13.0 Å². The number of benzene rings is 1. The summed E-state index contributed by atoms with van der Waals surface area (Å²) in [6.45, 7) is 2.67. The van der Waals surface area contributed by atoms with Gasteiger partial charge in [-0.1, -0.05) is 29.8 Å². The van der Waals surface area contributed by atoms with Crippen molar-refractivity contribution in [2.75, 3.05) is 13.2 Å². The van der Waals surface area contributed by atoms with Crippen LogP contribution >= 0.6 is 11.6 Å². The van der Waals surface area contributed by atoms with Crippen molar-refractivity contribution in [2.24, 2.45) is 0 Å². The molecule has 0 aromatic heterocycles. The van der Waals surface area contributed by atoms with Gasteiger partial charge < -0.3 is 9.47 Å². The van der Waals surface area contributed by atoms with Crippen molar-refractivity contribution in [2.45, 2.75) is 20.3 Å². The Morgan fingerprint density at radius 3 is 2.45 bits per heavy atom. The van der Waals surface area contributed by atoms with E-state index in [1.54, 1.807) is 31.2 Å². The first-order valence-corrected chi connectivity index (χ1v) is 7.09. The van der Waals surface area contributed by atoms with Gasteiger partial charge in [-0.25, -0.2) is 0 Å². The zero-order chi connectivity index (χ0) is 16.5. The van der Waals surface area contributed by atoms with E-state index in [2.05, 4.69) is 4.74 Å². The van der Waals surface area contributed by atoms with Crippen molar-refractivity contribution in [1.29, 1.82) is 0 Å². The van der Waals surface area contributed by atoms with Gasteiger partial charge in [0, 0.05) is 17.5 Å². The maximum atomic E-state index is 12.1. The van der Waals surface area contributed by atoms with E-state index in [4.69, 9.17) is 16.3 Å². The molecule has 0 N–H and O–H groups in total. The van der Waals surface area contributed by atoms with Crippen molar-refractivity contribution >= 4 is 35.4 Å². The van der Waals surface area contributed by atoms with Crippen LogP contribution < -0.4 is 0 Å². The highest BCUT2D eigenvalue weighted by Gasteiger charge is 2.16. The summed E-state index contributed by atoms with van der Waals surface area (Å²) in [4.78, 5) is 34.5. The van der Waals surface area contributed by atoms with E-state index < -0.39 is 24.3 Å². The van der Waals surface area contributed by atoms with Crippen molar-refractivity contribution in [3.05, 3.63) is 40.4 Å². The molecule has 0 amide bonds. The number of hydrogen-bond donors (Lipinski definition) is 0. The highest BCUT2D eigenvalue weighted by atomic mass is 35.5. The largest absolute Gasteiger partial charge is 0.466 e. The Morgan fingerprint density at radius 2 is 1.86 bits per heavy atom. The first-order chi connectivity index (χ1) is 10.4. The average Bonchev–Trinajstić information content (AvgIpc) is 2.46. The Labute approximate surface area is 133 Å². The van der Waals surface area contributed by atoms with E-state index in [-0.39, 0.29) is 18.6 Å². The van der Waals surface area contributed by atoms with Gasteiger partial charge in [0.1, 0.15) is 0 Å². The molecule has 1 aromatic rings. The number of ether oxygens (including phenoxy) is 2. The van der Waals surface area contributed by atoms with E-state index >= 15 is 0 Å². The molecule has 0 bridgehead atoms. The summed E-state index contributed by atoms with van der Waals surface area (Å²) < 4.78 is 9.52. The molecule has 0 spiro atoms. The summed E-state index contributed by atoms with van der Waals surface area (Å²) in [5, 5.41) is 0.448. The lowest BCUT2D eigenvalue weighted by atomic mass is 10.0. The van der Waals surface area contributed by atoms with Crippen LogP contribution in [0.15, 0.2) is 29.8 Å². The van der Waals surface area contributed by atoms with Crippen LogP contribution in [0.25, 0.3) is 6.08 Å².